The van der Waals surface area contributed by atoms with E-state index in [0.29, 0.717) is 11.6 Å². The van der Waals surface area contributed by atoms with Crippen molar-refractivity contribution in [1.82, 2.24) is 18.3 Å². The monoisotopic (exact) mass is 476 g/mol. The molecule has 1 fully saturated rings. The second-order valence-electron chi connectivity index (χ2n) is 7.75. The molecule has 1 aliphatic heterocycles. The van der Waals surface area contributed by atoms with E-state index in [1.54, 1.807) is 21.6 Å². The van der Waals surface area contributed by atoms with E-state index < -0.39 is 10.0 Å². The van der Waals surface area contributed by atoms with Crippen LogP contribution in [0.4, 0.5) is 0 Å². The van der Waals surface area contributed by atoms with E-state index in [0.717, 1.165) is 17.5 Å². The Balaban J connectivity index is 1.48. The van der Waals surface area contributed by atoms with E-state index >= 15 is 0 Å². The maximum absolute atomic E-state index is 13.0. The van der Waals surface area contributed by atoms with Crippen molar-refractivity contribution in [2.24, 2.45) is 0 Å². The van der Waals surface area contributed by atoms with Gasteiger partial charge in [0, 0.05) is 37.7 Å². The van der Waals surface area contributed by atoms with Gasteiger partial charge in [0.15, 0.2) is 0 Å². The number of benzene rings is 2. The highest BCUT2D eigenvalue weighted by molar-refractivity contribution is 7.89. The van der Waals surface area contributed by atoms with Crippen molar-refractivity contribution in [3.63, 3.8) is 0 Å². The fourth-order valence-electron chi connectivity index (χ4n) is 4.05. The third-order valence-electron chi connectivity index (χ3n) is 5.69. The number of carbonyl (C=O) groups excluding carboxylic acids is 1. The summed E-state index contributed by atoms with van der Waals surface area (Å²) in [5, 5.41) is 0.354. The lowest BCUT2D eigenvalue weighted by Crippen LogP contribution is -2.51. The maximum atomic E-state index is 13.0. The van der Waals surface area contributed by atoms with Gasteiger partial charge in [0.25, 0.3) is 0 Å². The van der Waals surface area contributed by atoms with Gasteiger partial charge in [-0.05, 0) is 36.8 Å². The van der Waals surface area contributed by atoms with Gasteiger partial charge < -0.3 is 4.90 Å². The van der Waals surface area contributed by atoms with Crippen LogP contribution in [0.3, 0.4) is 0 Å². The Kier molecular flexibility index (Phi) is 6.41. The van der Waals surface area contributed by atoms with Gasteiger partial charge in [0.05, 0.1) is 15.9 Å². The Labute approximate surface area is 191 Å². The second-order valence-corrected chi connectivity index (χ2v) is 10.1. The maximum Gasteiger partial charge on any atom is 0.329 e. The first-order valence-corrected chi connectivity index (χ1v) is 12.4. The number of nitrogens with zero attached hydrogens (tertiary/aromatic N) is 4. The molecule has 10 heteroatoms. The number of imidazole rings is 1. The van der Waals surface area contributed by atoms with Crippen molar-refractivity contribution < 1.29 is 13.2 Å². The molecule has 0 spiro atoms. The zero-order chi connectivity index (χ0) is 22.9. The molecule has 1 aromatic heterocycles. The molecule has 0 unspecified atom stereocenters. The molecule has 0 N–H and O–H groups in total. The van der Waals surface area contributed by atoms with Crippen LogP contribution >= 0.6 is 11.6 Å². The Morgan fingerprint density at radius 3 is 2.25 bits per heavy atom. The number of amides is 1. The van der Waals surface area contributed by atoms with Crippen LogP contribution in [-0.2, 0) is 27.9 Å². The Morgan fingerprint density at radius 2 is 1.62 bits per heavy atom. The number of fused-ring (bicyclic) bond motifs is 1. The van der Waals surface area contributed by atoms with Crippen LogP contribution in [0.1, 0.15) is 13.3 Å². The largest absolute Gasteiger partial charge is 0.338 e. The second kappa shape index (κ2) is 9.09. The van der Waals surface area contributed by atoms with Crippen molar-refractivity contribution in [2.75, 3.05) is 26.2 Å². The summed E-state index contributed by atoms with van der Waals surface area (Å²) in [4.78, 5) is 27.6. The van der Waals surface area contributed by atoms with Crippen molar-refractivity contribution in [1.29, 1.82) is 0 Å². The Bertz CT molecular complexity index is 1310. The van der Waals surface area contributed by atoms with Crippen molar-refractivity contribution in [3.05, 3.63) is 64.0 Å². The molecule has 32 heavy (non-hydrogen) atoms. The molecular formula is C22H25ClN4O4S. The average molecular weight is 477 g/mol. The zero-order valence-electron chi connectivity index (χ0n) is 17.8. The number of carbonyl (C=O) groups is 1. The van der Waals surface area contributed by atoms with Crippen LogP contribution in [0.15, 0.2) is 58.2 Å². The standard InChI is InChI=1S/C22H25ClN4O4S/c1-2-10-26-19-8-3-4-9-20(19)27(22(26)29)16-21(28)24-11-13-25(14-12-24)32(30,31)18-7-5-6-17(23)15-18/h3-9,15H,2,10-14,16H2,1H3. The Morgan fingerprint density at radius 1 is 0.969 bits per heavy atom. The highest BCUT2D eigenvalue weighted by Gasteiger charge is 2.30. The molecule has 3 aromatic rings. The van der Waals surface area contributed by atoms with Crippen molar-refractivity contribution in [3.8, 4) is 0 Å². The number of halogens is 1. The normalized spacial score (nSPS) is 15.4. The van der Waals surface area contributed by atoms with Crippen LogP contribution < -0.4 is 5.69 Å². The van der Waals surface area contributed by atoms with E-state index in [9.17, 15) is 18.0 Å². The van der Waals surface area contributed by atoms with Crippen molar-refractivity contribution >= 4 is 38.6 Å². The van der Waals surface area contributed by atoms with Gasteiger partial charge in [0.2, 0.25) is 15.9 Å². The molecule has 0 atom stereocenters. The first-order valence-electron chi connectivity index (χ1n) is 10.5. The summed E-state index contributed by atoms with van der Waals surface area (Å²) < 4.78 is 30.3. The predicted molar refractivity (Wildman–Crippen MR) is 123 cm³/mol. The lowest BCUT2D eigenvalue weighted by atomic mass is 10.3. The van der Waals surface area contributed by atoms with Crippen molar-refractivity contribution in [2.45, 2.75) is 31.3 Å². The van der Waals surface area contributed by atoms with E-state index in [4.69, 9.17) is 11.6 Å². The number of aromatic nitrogens is 2. The topological polar surface area (TPSA) is 84.6 Å². The third-order valence-corrected chi connectivity index (χ3v) is 7.82. The summed E-state index contributed by atoms with van der Waals surface area (Å²) in [6, 6.07) is 13.6. The van der Waals surface area contributed by atoms with Crippen LogP contribution in [0.5, 0.6) is 0 Å². The lowest BCUT2D eigenvalue weighted by Gasteiger charge is -2.34. The molecule has 0 saturated carbocycles. The molecule has 2 aromatic carbocycles. The molecule has 0 aliphatic carbocycles. The van der Waals surface area contributed by atoms with Crippen LogP contribution in [0.2, 0.25) is 5.02 Å². The predicted octanol–water partition coefficient (Wildman–Crippen LogP) is 2.40. The van der Waals surface area contributed by atoms with Crippen LogP contribution in [0.25, 0.3) is 11.0 Å². The molecule has 8 nitrogen and oxygen atoms in total. The van der Waals surface area contributed by atoms with E-state index in [-0.39, 0.29) is 49.2 Å². The van der Waals surface area contributed by atoms with Crippen LogP contribution in [0, 0.1) is 0 Å². The SMILES string of the molecule is CCCn1c(=O)n(CC(=O)N2CCN(S(=O)(=O)c3cccc(Cl)c3)CC2)c2ccccc21. The molecule has 2 heterocycles. The summed E-state index contributed by atoms with van der Waals surface area (Å²) in [5.41, 5.74) is 1.33. The van der Waals surface area contributed by atoms with Gasteiger partial charge in [-0.25, -0.2) is 13.2 Å². The third kappa shape index (κ3) is 4.20. The first-order chi connectivity index (χ1) is 15.3. The van der Waals surface area contributed by atoms with Gasteiger partial charge in [-0.2, -0.15) is 4.31 Å². The molecule has 1 aliphatic rings. The fraction of sp³-hybridized carbons (Fsp3) is 0.364. The summed E-state index contributed by atoms with van der Waals surface area (Å²) in [6.45, 7) is 3.42. The minimum absolute atomic E-state index is 0.0723. The van der Waals surface area contributed by atoms with Crippen LogP contribution in [-0.4, -0.2) is 58.8 Å². The Hall–Kier alpha value is -2.62. The number of aryl methyl sites for hydroxylation is 1. The molecule has 170 valence electrons. The minimum Gasteiger partial charge on any atom is -0.338 e. The number of hydrogen-bond acceptors (Lipinski definition) is 4. The number of sulfonamides is 1. The first kappa shape index (κ1) is 22.6. The number of piperazine rings is 1. The molecule has 0 radical (unpaired) electrons. The zero-order valence-corrected chi connectivity index (χ0v) is 19.3. The highest BCUT2D eigenvalue weighted by Crippen LogP contribution is 2.21. The summed E-state index contributed by atoms with van der Waals surface area (Å²) in [7, 11) is -3.68. The molecule has 1 amide bonds. The smallest absolute Gasteiger partial charge is 0.329 e. The fourth-order valence-corrected chi connectivity index (χ4v) is 5.78. The molecular weight excluding hydrogens is 452 g/mol. The number of hydrogen-bond donors (Lipinski definition) is 0. The average Bonchev–Trinajstić information content (AvgIpc) is 3.05. The number of para-hydroxylation sites is 2. The van der Waals surface area contributed by atoms with Gasteiger partial charge in [-0.15, -0.1) is 0 Å². The lowest BCUT2D eigenvalue weighted by molar-refractivity contribution is -0.133. The molecule has 0 bridgehead atoms. The van der Waals surface area contributed by atoms with Gasteiger partial charge >= 0.3 is 5.69 Å². The highest BCUT2D eigenvalue weighted by atomic mass is 35.5. The molecule has 4 rings (SSSR count). The summed E-state index contributed by atoms with van der Waals surface area (Å²) >= 11 is 5.94. The van der Waals surface area contributed by atoms with E-state index in [1.807, 2.05) is 31.2 Å². The summed E-state index contributed by atoms with van der Waals surface area (Å²) in [5.74, 6) is -0.202. The van der Waals surface area contributed by atoms with E-state index in [1.165, 1.54) is 21.0 Å². The molecule has 1 saturated heterocycles. The van der Waals surface area contributed by atoms with Gasteiger partial charge in [0.1, 0.15) is 6.54 Å². The quantitative estimate of drug-likeness (QED) is 0.546. The number of rotatable bonds is 6. The summed E-state index contributed by atoms with van der Waals surface area (Å²) in [6.07, 6.45) is 0.810. The van der Waals surface area contributed by atoms with E-state index in [2.05, 4.69) is 0 Å². The van der Waals surface area contributed by atoms with Gasteiger partial charge in [-0.1, -0.05) is 36.7 Å². The van der Waals surface area contributed by atoms with Gasteiger partial charge in [-0.3, -0.25) is 13.9 Å². The minimum atomic E-state index is -3.68.